The minimum absolute atomic E-state index is 0.607. The Kier molecular flexibility index (Phi) is 4.34. The summed E-state index contributed by atoms with van der Waals surface area (Å²) in [5, 5.41) is 2.59. The van der Waals surface area contributed by atoms with E-state index in [2.05, 4.69) is 5.32 Å². The van der Waals surface area contributed by atoms with E-state index in [0.717, 1.165) is 18.5 Å². The minimum atomic E-state index is 0.607. The molecule has 1 aromatic carbocycles. The summed E-state index contributed by atoms with van der Waals surface area (Å²) in [5.74, 6) is 0. The zero-order valence-electron chi connectivity index (χ0n) is 8.64. The van der Waals surface area contributed by atoms with Crippen LogP contribution in [0.15, 0.2) is 24.3 Å². The van der Waals surface area contributed by atoms with Gasteiger partial charge in [0.15, 0.2) is 0 Å². The van der Waals surface area contributed by atoms with Crippen LogP contribution in [0.3, 0.4) is 0 Å². The summed E-state index contributed by atoms with van der Waals surface area (Å²) in [4.78, 5) is 22.5. The fraction of sp³-hybridized carbons (Fsp3) is 0.273. The number of rotatable bonds is 6. The fourth-order valence-corrected chi connectivity index (χ4v) is 1.23. The molecule has 1 rings (SSSR count). The Labute approximate surface area is 88.9 Å². The number of nitrogens with zero attached hydrogens (tertiary/aromatic N) is 1. The van der Waals surface area contributed by atoms with Crippen molar-refractivity contribution < 1.29 is 9.59 Å². The van der Waals surface area contributed by atoms with Crippen LogP contribution in [0.25, 0.3) is 0 Å². The normalized spacial score (nSPS) is 9.40. The summed E-state index contributed by atoms with van der Waals surface area (Å²) in [7, 11) is 1.93. The lowest BCUT2D eigenvalue weighted by Gasteiger charge is -2.18. The van der Waals surface area contributed by atoms with Crippen molar-refractivity contribution in [3.8, 4) is 0 Å². The third-order valence-electron chi connectivity index (χ3n) is 2.14. The molecule has 4 heteroatoms. The first-order valence-electron chi connectivity index (χ1n) is 4.71. The van der Waals surface area contributed by atoms with Crippen LogP contribution < -0.4 is 10.2 Å². The first-order valence-corrected chi connectivity index (χ1v) is 4.71. The zero-order chi connectivity index (χ0) is 11.1. The fourth-order valence-electron chi connectivity index (χ4n) is 1.23. The topological polar surface area (TPSA) is 49.4 Å². The van der Waals surface area contributed by atoms with Gasteiger partial charge in [0.05, 0.1) is 0 Å². The number of likely N-dealkylation sites (N-methyl/N-ethyl adjacent to an activating group) is 1. The molecular weight excluding hydrogens is 192 g/mol. The summed E-state index contributed by atoms with van der Waals surface area (Å²) in [6, 6.07) is 7.30. The Balaban J connectivity index is 2.53. The molecule has 0 saturated heterocycles. The molecule has 80 valence electrons. The molecule has 0 radical (unpaired) electrons. The van der Waals surface area contributed by atoms with Gasteiger partial charge in [0, 0.05) is 31.4 Å². The van der Waals surface area contributed by atoms with E-state index >= 15 is 0 Å². The van der Waals surface area contributed by atoms with Gasteiger partial charge in [-0.05, 0) is 24.3 Å². The maximum Gasteiger partial charge on any atom is 0.207 e. The number of hydrogen-bond donors (Lipinski definition) is 1. The lowest BCUT2D eigenvalue weighted by molar-refractivity contribution is -0.109. The van der Waals surface area contributed by atoms with Gasteiger partial charge in [-0.1, -0.05) is 0 Å². The molecule has 0 heterocycles. The first-order chi connectivity index (χ1) is 7.27. The number of carbonyl (C=O) groups is 2. The molecule has 0 bridgehead atoms. The third-order valence-corrected chi connectivity index (χ3v) is 2.14. The summed E-state index contributed by atoms with van der Waals surface area (Å²) >= 11 is 0. The number of amides is 1. The highest BCUT2D eigenvalue weighted by Crippen LogP contribution is 2.12. The van der Waals surface area contributed by atoms with Crippen LogP contribution in [-0.2, 0) is 4.79 Å². The van der Waals surface area contributed by atoms with Crippen LogP contribution >= 0.6 is 0 Å². The number of benzene rings is 1. The molecule has 4 nitrogen and oxygen atoms in total. The zero-order valence-corrected chi connectivity index (χ0v) is 8.64. The van der Waals surface area contributed by atoms with E-state index in [4.69, 9.17) is 0 Å². The van der Waals surface area contributed by atoms with Crippen LogP contribution in [0.5, 0.6) is 0 Å². The van der Waals surface area contributed by atoms with Crippen molar-refractivity contribution in [3.63, 3.8) is 0 Å². The molecule has 0 spiro atoms. The van der Waals surface area contributed by atoms with Gasteiger partial charge in [-0.25, -0.2) is 0 Å². The molecular formula is C11H14N2O2. The largest absolute Gasteiger partial charge is 0.373 e. The number of hydrogen-bond acceptors (Lipinski definition) is 3. The highest BCUT2D eigenvalue weighted by molar-refractivity contribution is 5.75. The molecule has 0 fully saturated rings. The minimum Gasteiger partial charge on any atom is -0.373 e. The van der Waals surface area contributed by atoms with Gasteiger partial charge < -0.3 is 10.2 Å². The maximum absolute atomic E-state index is 10.4. The monoisotopic (exact) mass is 206 g/mol. The smallest absolute Gasteiger partial charge is 0.207 e. The van der Waals surface area contributed by atoms with Crippen LogP contribution in [0.1, 0.15) is 10.4 Å². The predicted octanol–water partition coefficient (Wildman–Crippen LogP) is 0.681. The van der Waals surface area contributed by atoms with Crippen LogP contribution in [-0.4, -0.2) is 32.8 Å². The van der Waals surface area contributed by atoms with Crippen molar-refractivity contribution in [2.75, 3.05) is 25.0 Å². The highest BCUT2D eigenvalue weighted by atomic mass is 16.1. The van der Waals surface area contributed by atoms with Gasteiger partial charge >= 0.3 is 0 Å². The van der Waals surface area contributed by atoms with E-state index in [0.29, 0.717) is 18.5 Å². The van der Waals surface area contributed by atoms with E-state index in [1.807, 2.05) is 24.1 Å². The van der Waals surface area contributed by atoms with E-state index in [9.17, 15) is 9.59 Å². The van der Waals surface area contributed by atoms with Gasteiger partial charge in [-0.3, -0.25) is 9.59 Å². The Morgan fingerprint density at radius 3 is 2.47 bits per heavy atom. The second-order valence-corrected chi connectivity index (χ2v) is 3.20. The molecule has 1 aromatic rings. The Morgan fingerprint density at radius 1 is 1.27 bits per heavy atom. The van der Waals surface area contributed by atoms with Crippen molar-refractivity contribution in [2.24, 2.45) is 0 Å². The van der Waals surface area contributed by atoms with Crippen molar-refractivity contribution in [3.05, 3.63) is 29.8 Å². The Hall–Kier alpha value is -1.84. The molecule has 1 N–H and O–H groups in total. The summed E-state index contributed by atoms with van der Waals surface area (Å²) in [6.07, 6.45) is 1.50. The van der Waals surface area contributed by atoms with Gasteiger partial charge in [0.1, 0.15) is 6.29 Å². The number of anilines is 1. The SMILES string of the molecule is CN(CCNC=O)c1ccc(C=O)cc1. The maximum atomic E-state index is 10.4. The van der Waals surface area contributed by atoms with Crippen LogP contribution in [0, 0.1) is 0 Å². The van der Waals surface area contributed by atoms with Crippen molar-refractivity contribution >= 4 is 18.4 Å². The van der Waals surface area contributed by atoms with Crippen molar-refractivity contribution in [2.45, 2.75) is 0 Å². The molecule has 0 atom stereocenters. The van der Waals surface area contributed by atoms with Gasteiger partial charge in [0.2, 0.25) is 6.41 Å². The van der Waals surface area contributed by atoms with Crippen molar-refractivity contribution in [1.29, 1.82) is 0 Å². The van der Waals surface area contributed by atoms with E-state index in [-0.39, 0.29) is 0 Å². The lowest BCUT2D eigenvalue weighted by Crippen LogP contribution is -2.28. The number of carbonyl (C=O) groups excluding carboxylic acids is 2. The molecule has 0 aromatic heterocycles. The second kappa shape index (κ2) is 5.80. The molecule has 0 saturated carbocycles. The average molecular weight is 206 g/mol. The van der Waals surface area contributed by atoms with Gasteiger partial charge in [0.25, 0.3) is 0 Å². The molecule has 15 heavy (non-hydrogen) atoms. The molecule has 0 aliphatic heterocycles. The molecule has 0 aliphatic rings. The number of aldehydes is 1. The summed E-state index contributed by atoms with van der Waals surface area (Å²) < 4.78 is 0. The highest BCUT2D eigenvalue weighted by Gasteiger charge is 1.99. The van der Waals surface area contributed by atoms with Gasteiger partial charge in [-0.2, -0.15) is 0 Å². The average Bonchev–Trinajstić information content (AvgIpc) is 2.29. The standard InChI is InChI=1S/C11H14N2O2/c1-13(7-6-12-9-15)11-4-2-10(8-14)3-5-11/h2-5,8-9H,6-7H2,1H3,(H,12,15). The number of nitrogens with one attached hydrogen (secondary N) is 1. The summed E-state index contributed by atoms with van der Waals surface area (Å²) in [5.41, 5.74) is 1.69. The Bertz CT molecular complexity index is 322. The quantitative estimate of drug-likeness (QED) is 0.550. The van der Waals surface area contributed by atoms with Crippen LogP contribution in [0.4, 0.5) is 5.69 Å². The van der Waals surface area contributed by atoms with Crippen LogP contribution in [0.2, 0.25) is 0 Å². The second-order valence-electron chi connectivity index (χ2n) is 3.20. The third kappa shape index (κ3) is 3.42. The predicted molar refractivity (Wildman–Crippen MR) is 59.2 cm³/mol. The van der Waals surface area contributed by atoms with E-state index < -0.39 is 0 Å². The van der Waals surface area contributed by atoms with E-state index in [1.165, 1.54) is 0 Å². The Morgan fingerprint density at radius 2 is 1.93 bits per heavy atom. The molecule has 1 amide bonds. The molecule has 0 unspecified atom stereocenters. The first kappa shape index (κ1) is 11.2. The van der Waals surface area contributed by atoms with E-state index in [1.54, 1.807) is 12.1 Å². The summed E-state index contributed by atoms with van der Waals surface area (Å²) in [6.45, 7) is 1.34. The molecule has 0 aliphatic carbocycles. The van der Waals surface area contributed by atoms with Crippen molar-refractivity contribution in [1.82, 2.24) is 5.32 Å². The van der Waals surface area contributed by atoms with Gasteiger partial charge in [-0.15, -0.1) is 0 Å². The lowest BCUT2D eigenvalue weighted by atomic mass is 10.2.